The third-order valence-corrected chi connectivity index (χ3v) is 2.06. The van der Waals surface area contributed by atoms with Crippen molar-refractivity contribution in [3.8, 4) is 5.75 Å². The lowest BCUT2D eigenvalue weighted by molar-refractivity contribution is 0.315. The molecule has 16 heavy (non-hydrogen) atoms. The Morgan fingerprint density at radius 2 is 2.12 bits per heavy atom. The SMILES string of the molecule is CCNCCOc1ccc(C(N)=NO)cc1. The summed E-state index contributed by atoms with van der Waals surface area (Å²) in [5, 5.41) is 14.6. The third-order valence-electron chi connectivity index (χ3n) is 2.06. The van der Waals surface area contributed by atoms with Crippen LogP contribution in [0.15, 0.2) is 29.4 Å². The van der Waals surface area contributed by atoms with Crippen LogP contribution in [0.1, 0.15) is 12.5 Å². The topological polar surface area (TPSA) is 79.9 Å². The van der Waals surface area contributed by atoms with E-state index in [0.29, 0.717) is 12.2 Å². The van der Waals surface area contributed by atoms with Gasteiger partial charge in [-0.05, 0) is 30.8 Å². The summed E-state index contributed by atoms with van der Waals surface area (Å²) in [6.45, 7) is 4.42. The van der Waals surface area contributed by atoms with Crippen LogP contribution in [-0.4, -0.2) is 30.7 Å². The molecule has 0 radical (unpaired) electrons. The number of nitrogens with two attached hydrogens (primary N) is 1. The summed E-state index contributed by atoms with van der Waals surface area (Å²) in [5.41, 5.74) is 6.10. The fourth-order valence-electron chi connectivity index (χ4n) is 1.20. The van der Waals surface area contributed by atoms with Crippen molar-refractivity contribution in [1.82, 2.24) is 5.32 Å². The first kappa shape index (κ1) is 12.3. The molecule has 0 aromatic heterocycles. The summed E-state index contributed by atoms with van der Waals surface area (Å²) in [6.07, 6.45) is 0. The third kappa shape index (κ3) is 3.78. The van der Waals surface area contributed by atoms with Gasteiger partial charge in [-0.1, -0.05) is 12.1 Å². The Hall–Kier alpha value is -1.75. The van der Waals surface area contributed by atoms with E-state index in [9.17, 15) is 0 Å². The number of rotatable bonds is 6. The lowest BCUT2D eigenvalue weighted by Crippen LogP contribution is -2.20. The van der Waals surface area contributed by atoms with Crippen LogP contribution in [0.3, 0.4) is 0 Å². The zero-order valence-corrected chi connectivity index (χ0v) is 9.31. The van der Waals surface area contributed by atoms with E-state index in [0.717, 1.165) is 18.8 Å². The number of hydrogen-bond donors (Lipinski definition) is 3. The Morgan fingerprint density at radius 1 is 1.44 bits per heavy atom. The molecule has 0 heterocycles. The standard InChI is InChI=1S/C11H17N3O2/c1-2-13-7-8-16-10-5-3-9(4-6-10)11(12)14-15/h3-6,13,15H,2,7-8H2,1H3,(H2,12,14). The van der Waals surface area contributed by atoms with Gasteiger partial charge in [0, 0.05) is 12.1 Å². The van der Waals surface area contributed by atoms with E-state index in [1.165, 1.54) is 0 Å². The molecule has 1 aromatic rings. The van der Waals surface area contributed by atoms with Crippen LogP contribution in [0.4, 0.5) is 0 Å². The average molecular weight is 223 g/mol. The molecule has 0 spiro atoms. The Kier molecular flexibility index (Phi) is 5.15. The largest absolute Gasteiger partial charge is 0.492 e. The Balaban J connectivity index is 2.45. The van der Waals surface area contributed by atoms with Crippen LogP contribution in [0.5, 0.6) is 5.75 Å². The molecular formula is C11H17N3O2. The molecule has 5 nitrogen and oxygen atoms in total. The van der Waals surface area contributed by atoms with E-state index in [-0.39, 0.29) is 5.84 Å². The van der Waals surface area contributed by atoms with Gasteiger partial charge < -0.3 is 21.0 Å². The highest BCUT2D eigenvalue weighted by molar-refractivity contribution is 5.97. The average Bonchev–Trinajstić information content (AvgIpc) is 2.34. The van der Waals surface area contributed by atoms with E-state index < -0.39 is 0 Å². The number of benzene rings is 1. The second-order valence-corrected chi connectivity index (χ2v) is 3.21. The molecule has 0 saturated heterocycles. The summed E-state index contributed by atoms with van der Waals surface area (Å²) in [5.74, 6) is 0.867. The number of likely N-dealkylation sites (N-methyl/N-ethyl adjacent to an activating group) is 1. The molecule has 5 heteroatoms. The molecule has 0 saturated carbocycles. The first-order valence-corrected chi connectivity index (χ1v) is 5.19. The van der Waals surface area contributed by atoms with Crippen molar-refractivity contribution < 1.29 is 9.94 Å². The molecule has 0 amide bonds. The monoisotopic (exact) mass is 223 g/mol. The predicted octanol–water partition coefficient (Wildman–Crippen LogP) is 0.769. The molecule has 0 fully saturated rings. The van der Waals surface area contributed by atoms with Crippen LogP contribution in [0.25, 0.3) is 0 Å². The lowest BCUT2D eigenvalue weighted by atomic mass is 10.2. The van der Waals surface area contributed by atoms with Crippen LogP contribution in [0, 0.1) is 0 Å². The van der Waals surface area contributed by atoms with Gasteiger partial charge in [0.05, 0.1) is 0 Å². The molecule has 0 aliphatic carbocycles. The van der Waals surface area contributed by atoms with E-state index in [1.54, 1.807) is 24.3 Å². The molecule has 0 aliphatic heterocycles. The van der Waals surface area contributed by atoms with Crippen molar-refractivity contribution in [3.63, 3.8) is 0 Å². The van der Waals surface area contributed by atoms with Gasteiger partial charge in [-0.3, -0.25) is 0 Å². The first-order valence-electron chi connectivity index (χ1n) is 5.19. The zero-order valence-electron chi connectivity index (χ0n) is 9.31. The van der Waals surface area contributed by atoms with Gasteiger partial charge in [0.15, 0.2) is 5.84 Å². The molecule has 1 rings (SSSR count). The highest BCUT2D eigenvalue weighted by atomic mass is 16.5. The number of ether oxygens (including phenoxy) is 1. The van der Waals surface area contributed by atoms with Gasteiger partial charge in [0.1, 0.15) is 12.4 Å². The smallest absolute Gasteiger partial charge is 0.170 e. The summed E-state index contributed by atoms with van der Waals surface area (Å²) >= 11 is 0. The number of oxime groups is 1. The fourth-order valence-corrected chi connectivity index (χ4v) is 1.20. The van der Waals surface area contributed by atoms with Gasteiger partial charge in [-0.2, -0.15) is 0 Å². The Morgan fingerprint density at radius 3 is 2.69 bits per heavy atom. The molecule has 4 N–H and O–H groups in total. The maximum Gasteiger partial charge on any atom is 0.170 e. The minimum atomic E-state index is 0.0965. The molecule has 0 bridgehead atoms. The van der Waals surface area contributed by atoms with Crippen molar-refractivity contribution in [1.29, 1.82) is 0 Å². The molecule has 0 atom stereocenters. The van der Waals surface area contributed by atoms with Crippen molar-refractivity contribution in [2.75, 3.05) is 19.7 Å². The second kappa shape index (κ2) is 6.68. The number of hydrogen-bond acceptors (Lipinski definition) is 4. The fraction of sp³-hybridized carbons (Fsp3) is 0.364. The van der Waals surface area contributed by atoms with Crippen molar-refractivity contribution in [2.24, 2.45) is 10.9 Å². The summed E-state index contributed by atoms with van der Waals surface area (Å²) in [6, 6.07) is 7.08. The highest BCUT2D eigenvalue weighted by Crippen LogP contribution is 2.11. The van der Waals surface area contributed by atoms with E-state index in [2.05, 4.69) is 10.5 Å². The molecule has 0 aliphatic rings. The van der Waals surface area contributed by atoms with Gasteiger partial charge >= 0.3 is 0 Å². The zero-order chi connectivity index (χ0) is 11.8. The van der Waals surface area contributed by atoms with Crippen LogP contribution in [-0.2, 0) is 0 Å². The molecular weight excluding hydrogens is 206 g/mol. The van der Waals surface area contributed by atoms with Crippen LogP contribution < -0.4 is 15.8 Å². The maximum atomic E-state index is 8.48. The molecule has 0 unspecified atom stereocenters. The Bertz CT molecular complexity index is 336. The Labute approximate surface area is 94.9 Å². The summed E-state index contributed by atoms with van der Waals surface area (Å²) in [7, 11) is 0. The number of amidine groups is 1. The van der Waals surface area contributed by atoms with Gasteiger partial charge in [0.25, 0.3) is 0 Å². The van der Waals surface area contributed by atoms with E-state index in [1.807, 2.05) is 6.92 Å². The molecule has 88 valence electrons. The highest BCUT2D eigenvalue weighted by Gasteiger charge is 1.99. The van der Waals surface area contributed by atoms with Crippen molar-refractivity contribution in [3.05, 3.63) is 29.8 Å². The first-order chi connectivity index (χ1) is 7.77. The number of nitrogens with zero attached hydrogens (tertiary/aromatic N) is 1. The van der Waals surface area contributed by atoms with E-state index >= 15 is 0 Å². The van der Waals surface area contributed by atoms with Crippen LogP contribution >= 0.6 is 0 Å². The minimum absolute atomic E-state index is 0.0965. The minimum Gasteiger partial charge on any atom is -0.492 e. The maximum absolute atomic E-state index is 8.48. The van der Waals surface area contributed by atoms with E-state index in [4.69, 9.17) is 15.7 Å². The lowest BCUT2D eigenvalue weighted by Gasteiger charge is -2.06. The second-order valence-electron chi connectivity index (χ2n) is 3.21. The summed E-state index contributed by atoms with van der Waals surface area (Å²) < 4.78 is 5.47. The normalized spacial score (nSPS) is 11.4. The van der Waals surface area contributed by atoms with Gasteiger partial charge in [-0.25, -0.2) is 0 Å². The quantitative estimate of drug-likeness (QED) is 0.219. The van der Waals surface area contributed by atoms with Gasteiger partial charge in [0.2, 0.25) is 0 Å². The summed E-state index contributed by atoms with van der Waals surface area (Å²) in [4.78, 5) is 0. The molecule has 1 aromatic carbocycles. The van der Waals surface area contributed by atoms with Crippen molar-refractivity contribution in [2.45, 2.75) is 6.92 Å². The van der Waals surface area contributed by atoms with Gasteiger partial charge in [-0.15, -0.1) is 0 Å². The van der Waals surface area contributed by atoms with Crippen molar-refractivity contribution >= 4 is 5.84 Å². The number of nitrogens with one attached hydrogen (secondary N) is 1. The van der Waals surface area contributed by atoms with Crippen LogP contribution in [0.2, 0.25) is 0 Å². The predicted molar refractivity (Wildman–Crippen MR) is 63.0 cm³/mol.